The fourth-order valence-electron chi connectivity index (χ4n) is 4.06. The van der Waals surface area contributed by atoms with Crippen molar-refractivity contribution in [3.05, 3.63) is 29.8 Å². The van der Waals surface area contributed by atoms with E-state index in [0.717, 1.165) is 24.9 Å². The average Bonchev–Trinajstić information content (AvgIpc) is 2.76. The molecule has 0 bridgehead atoms. The maximum Gasteiger partial charge on any atom is 0.321 e. The van der Waals surface area contributed by atoms with E-state index in [1.54, 1.807) is 24.3 Å². The molecule has 0 aliphatic rings. The number of aliphatic carboxylic acids is 1. The van der Waals surface area contributed by atoms with Gasteiger partial charge >= 0.3 is 5.97 Å². The smallest absolute Gasteiger partial charge is 0.321 e. The quantitative estimate of drug-likeness (QED) is 0.179. The van der Waals surface area contributed by atoms with E-state index in [1.807, 2.05) is 0 Å². The number of hydrogen-bond donors (Lipinski definition) is 3. The first-order chi connectivity index (χ1) is 15.1. The van der Waals surface area contributed by atoms with Crippen molar-refractivity contribution in [2.24, 2.45) is 0 Å². The van der Waals surface area contributed by atoms with Crippen molar-refractivity contribution in [3.8, 4) is 5.75 Å². The summed E-state index contributed by atoms with van der Waals surface area (Å²) in [4.78, 5) is 11.5. The maximum atomic E-state index is 11.5. The number of aromatic hydroxyl groups is 1. The monoisotopic (exact) mass is 433 g/mol. The molecule has 0 fully saturated rings. The number of phenolic OH excluding ortho intramolecular Hbond substituents is 1. The first kappa shape index (κ1) is 27.5. The van der Waals surface area contributed by atoms with E-state index >= 15 is 0 Å². The zero-order valence-electron chi connectivity index (χ0n) is 19.9. The first-order valence-electron chi connectivity index (χ1n) is 12.9. The molecular weight excluding hydrogens is 386 g/mol. The van der Waals surface area contributed by atoms with E-state index < -0.39 is 12.0 Å². The zero-order chi connectivity index (χ0) is 22.6. The van der Waals surface area contributed by atoms with Crippen molar-refractivity contribution >= 4 is 5.97 Å². The third-order valence-electron chi connectivity index (χ3n) is 6.10. The van der Waals surface area contributed by atoms with Crippen LogP contribution in [0.3, 0.4) is 0 Å². The standard InChI is InChI=1S/C27H47NO3/c1-2-3-4-5-6-7-8-9-10-11-12-13-14-15-16-17-22-28-26(27(30)31)23-24-18-20-25(29)21-19-24/h18-21,26,28-29H,2-17,22-23H2,1H3,(H,30,31). The van der Waals surface area contributed by atoms with Gasteiger partial charge in [-0.1, -0.05) is 115 Å². The Hall–Kier alpha value is -1.55. The van der Waals surface area contributed by atoms with Crippen molar-refractivity contribution < 1.29 is 15.0 Å². The molecule has 0 amide bonds. The number of carbonyl (C=O) groups is 1. The average molecular weight is 434 g/mol. The highest BCUT2D eigenvalue weighted by molar-refractivity contribution is 5.73. The number of nitrogens with one attached hydrogen (secondary N) is 1. The molecule has 178 valence electrons. The minimum Gasteiger partial charge on any atom is -0.508 e. The van der Waals surface area contributed by atoms with Crippen molar-refractivity contribution in [2.75, 3.05) is 6.54 Å². The van der Waals surface area contributed by atoms with Gasteiger partial charge in [0.15, 0.2) is 0 Å². The molecule has 0 aliphatic carbocycles. The lowest BCUT2D eigenvalue weighted by molar-refractivity contribution is -0.139. The van der Waals surface area contributed by atoms with Gasteiger partial charge in [0.25, 0.3) is 0 Å². The first-order valence-corrected chi connectivity index (χ1v) is 12.9. The van der Waals surface area contributed by atoms with Gasteiger partial charge in [0.05, 0.1) is 0 Å². The summed E-state index contributed by atoms with van der Waals surface area (Å²) < 4.78 is 0. The summed E-state index contributed by atoms with van der Waals surface area (Å²) in [5.41, 5.74) is 0.921. The number of unbranched alkanes of at least 4 members (excludes halogenated alkanes) is 15. The second-order valence-corrected chi connectivity index (χ2v) is 9.02. The number of hydrogen-bond acceptors (Lipinski definition) is 3. The van der Waals surface area contributed by atoms with Crippen LogP contribution in [0.15, 0.2) is 24.3 Å². The molecule has 0 aliphatic heterocycles. The van der Waals surface area contributed by atoms with Crippen LogP contribution in [-0.4, -0.2) is 28.8 Å². The van der Waals surface area contributed by atoms with Crippen LogP contribution < -0.4 is 5.32 Å². The van der Waals surface area contributed by atoms with E-state index in [1.165, 1.54) is 89.9 Å². The fourth-order valence-corrected chi connectivity index (χ4v) is 4.06. The van der Waals surface area contributed by atoms with E-state index in [4.69, 9.17) is 0 Å². The predicted molar refractivity (Wildman–Crippen MR) is 131 cm³/mol. The Morgan fingerprint density at radius 1 is 0.742 bits per heavy atom. The second-order valence-electron chi connectivity index (χ2n) is 9.02. The van der Waals surface area contributed by atoms with Crippen LogP contribution in [0.1, 0.15) is 115 Å². The van der Waals surface area contributed by atoms with Crippen LogP contribution in [0.5, 0.6) is 5.75 Å². The van der Waals surface area contributed by atoms with Crippen LogP contribution in [0, 0.1) is 0 Å². The van der Waals surface area contributed by atoms with Gasteiger partial charge in [0.1, 0.15) is 11.8 Å². The lowest BCUT2D eigenvalue weighted by atomic mass is 10.0. The minimum absolute atomic E-state index is 0.205. The SMILES string of the molecule is CCCCCCCCCCCCCCCCCCNC(Cc1ccc(O)cc1)C(=O)O. The molecule has 0 radical (unpaired) electrons. The Kier molecular flexibility index (Phi) is 17.0. The van der Waals surface area contributed by atoms with Crippen molar-refractivity contribution in [3.63, 3.8) is 0 Å². The van der Waals surface area contributed by atoms with E-state index in [2.05, 4.69) is 12.2 Å². The van der Waals surface area contributed by atoms with Crippen LogP contribution in [0.25, 0.3) is 0 Å². The summed E-state index contributed by atoms with van der Waals surface area (Å²) in [6.07, 6.45) is 21.9. The van der Waals surface area contributed by atoms with Gasteiger partial charge in [0, 0.05) is 0 Å². The molecule has 3 N–H and O–H groups in total. The molecule has 1 aromatic carbocycles. The summed E-state index contributed by atoms with van der Waals surface area (Å²) in [7, 11) is 0. The molecule has 0 aromatic heterocycles. The maximum absolute atomic E-state index is 11.5. The van der Waals surface area contributed by atoms with Gasteiger partial charge < -0.3 is 15.5 Å². The van der Waals surface area contributed by atoms with Gasteiger partial charge in [-0.25, -0.2) is 0 Å². The number of phenols is 1. The van der Waals surface area contributed by atoms with Crippen molar-refractivity contribution in [1.82, 2.24) is 5.32 Å². The molecule has 1 rings (SSSR count). The third-order valence-corrected chi connectivity index (χ3v) is 6.10. The third kappa shape index (κ3) is 15.8. The fraction of sp³-hybridized carbons (Fsp3) is 0.741. The zero-order valence-corrected chi connectivity index (χ0v) is 19.9. The van der Waals surface area contributed by atoms with Crippen LogP contribution in [0.4, 0.5) is 0 Å². The molecule has 0 saturated carbocycles. The normalized spacial score (nSPS) is 12.2. The summed E-state index contributed by atoms with van der Waals surface area (Å²) in [5.74, 6) is -0.610. The minimum atomic E-state index is -0.815. The van der Waals surface area contributed by atoms with Gasteiger partial charge in [-0.3, -0.25) is 4.79 Å². The number of rotatable bonds is 21. The molecule has 1 aromatic rings. The molecule has 1 unspecified atom stereocenters. The van der Waals surface area contributed by atoms with Crippen molar-refractivity contribution in [1.29, 1.82) is 0 Å². The van der Waals surface area contributed by atoms with E-state index in [-0.39, 0.29) is 5.75 Å². The van der Waals surface area contributed by atoms with Gasteiger partial charge in [-0.15, -0.1) is 0 Å². The Bertz CT molecular complexity index is 544. The molecule has 4 nitrogen and oxygen atoms in total. The van der Waals surface area contributed by atoms with Gasteiger partial charge in [-0.2, -0.15) is 0 Å². The lowest BCUT2D eigenvalue weighted by Gasteiger charge is -2.14. The largest absolute Gasteiger partial charge is 0.508 e. The lowest BCUT2D eigenvalue weighted by Crippen LogP contribution is -2.39. The second kappa shape index (κ2) is 19.2. The summed E-state index contributed by atoms with van der Waals surface area (Å²) in [5, 5.41) is 21.9. The Balaban J connectivity index is 1.89. The predicted octanol–water partition coefficient (Wildman–Crippen LogP) is 7.24. The van der Waals surface area contributed by atoms with Crippen LogP contribution >= 0.6 is 0 Å². The van der Waals surface area contributed by atoms with Crippen LogP contribution in [-0.2, 0) is 11.2 Å². The number of carboxylic acid groups (broad SMARTS) is 1. The topological polar surface area (TPSA) is 69.6 Å². The summed E-state index contributed by atoms with van der Waals surface area (Å²) in [6, 6.07) is 6.19. The summed E-state index contributed by atoms with van der Waals surface area (Å²) in [6.45, 7) is 3.02. The number of benzene rings is 1. The molecule has 0 spiro atoms. The highest BCUT2D eigenvalue weighted by Gasteiger charge is 2.16. The Morgan fingerprint density at radius 2 is 1.16 bits per heavy atom. The van der Waals surface area contributed by atoms with Gasteiger partial charge in [-0.05, 0) is 37.1 Å². The van der Waals surface area contributed by atoms with Crippen molar-refractivity contribution in [2.45, 2.75) is 122 Å². The molecule has 0 heterocycles. The molecule has 0 saturated heterocycles. The Morgan fingerprint density at radius 3 is 1.58 bits per heavy atom. The van der Waals surface area contributed by atoms with E-state index in [0.29, 0.717) is 6.42 Å². The summed E-state index contributed by atoms with van der Waals surface area (Å²) >= 11 is 0. The molecule has 1 atom stereocenters. The van der Waals surface area contributed by atoms with E-state index in [9.17, 15) is 15.0 Å². The Labute approximate surface area is 190 Å². The highest BCUT2D eigenvalue weighted by atomic mass is 16.4. The number of carboxylic acids is 1. The molecular formula is C27H47NO3. The molecule has 31 heavy (non-hydrogen) atoms. The van der Waals surface area contributed by atoms with Crippen LogP contribution in [0.2, 0.25) is 0 Å². The van der Waals surface area contributed by atoms with Gasteiger partial charge in [0.2, 0.25) is 0 Å². The molecule has 4 heteroatoms. The highest BCUT2D eigenvalue weighted by Crippen LogP contribution is 2.14.